The molecule has 1 aliphatic heterocycles. The Labute approximate surface area is 239 Å². The molecule has 1 saturated heterocycles. The van der Waals surface area contributed by atoms with Gasteiger partial charge in [-0.25, -0.2) is 4.79 Å². The fraction of sp³-hybridized carbons (Fsp3) is 0.333. The summed E-state index contributed by atoms with van der Waals surface area (Å²) in [6.45, 7) is 9.76. The number of amides is 1. The van der Waals surface area contributed by atoms with Crippen LogP contribution in [0.4, 0.5) is 4.79 Å². The van der Waals surface area contributed by atoms with Crippen LogP contribution >= 0.6 is 0 Å². The maximum absolute atomic E-state index is 12.7. The number of amidine groups is 1. The first-order valence-corrected chi connectivity index (χ1v) is 14.7. The molecule has 2 heterocycles. The third kappa shape index (κ3) is 6.57. The smallest absolute Gasteiger partial charge is 0.435 e. The molecule has 1 amide bonds. The van der Waals surface area contributed by atoms with Gasteiger partial charge in [0, 0.05) is 12.1 Å². The highest BCUT2D eigenvalue weighted by molar-refractivity contribution is 7.87. The number of benzene rings is 3. The van der Waals surface area contributed by atoms with Crippen molar-refractivity contribution in [1.82, 2.24) is 15.0 Å². The molecule has 1 atom stereocenters. The molecule has 214 valence electrons. The Bertz CT molecular complexity index is 1720. The Morgan fingerprint density at radius 2 is 1.76 bits per heavy atom. The van der Waals surface area contributed by atoms with Gasteiger partial charge in [-0.15, -0.1) is 0 Å². The first kappa shape index (κ1) is 28.3. The van der Waals surface area contributed by atoms with E-state index in [4.69, 9.17) is 13.4 Å². The van der Waals surface area contributed by atoms with Crippen molar-refractivity contribution in [3.8, 4) is 17.1 Å². The van der Waals surface area contributed by atoms with Gasteiger partial charge in [0.2, 0.25) is 11.7 Å². The first-order valence-electron chi connectivity index (χ1n) is 13.3. The quantitative estimate of drug-likeness (QED) is 0.150. The maximum Gasteiger partial charge on any atom is 0.435 e. The van der Waals surface area contributed by atoms with Crippen LogP contribution in [0.3, 0.4) is 0 Å². The number of fused-ring (bicyclic) bond motifs is 1. The fourth-order valence-corrected chi connectivity index (χ4v) is 5.60. The molecule has 4 aromatic rings. The summed E-state index contributed by atoms with van der Waals surface area (Å²) < 4.78 is 41.7. The summed E-state index contributed by atoms with van der Waals surface area (Å²) in [5, 5.41) is 5.85. The number of hydrogen-bond donors (Lipinski definition) is 0. The summed E-state index contributed by atoms with van der Waals surface area (Å²) in [5.41, 5.74) is 1.08. The van der Waals surface area contributed by atoms with E-state index in [0.29, 0.717) is 24.1 Å². The van der Waals surface area contributed by atoms with E-state index in [1.54, 1.807) is 58.0 Å². The Balaban J connectivity index is 1.32. The summed E-state index contributed by atoms with van der Waals surface area (Å²) in [4.78, 5) is 23.0. The van der Waals surface area contributed by atoms with Crippen molar-refractivity contribution < 1.29 is 26.7 Å². The predicted molar refractivity (Wildman–Crippen MR) is 154 cm³/mol. The van der Waals surface area contributed by atoms with Crippen LogP contribution in [0.25, 0.3) is 22.2 Å². The van der Waals surface area contributed by atoms with E-state index >= 15 is 0 Å². The highest BCUT2D eigenvalue weighted by Gasteiger charge is 2.32. The van der Waals surface area contributed by atoms with Crippen LogP contribution in [0.2, 0.25) is 0 Å². The highest BCUT2D eigenvalue weighted by Crippen LogP contribution is 2.33. The Morgan fingerprint density at radius 3 is 2.49 bits per heavy atom. The molecule has 0 radical (unpaired) electrons. The minimum atomic E-state index is -3.95. The summed E-state index contributed by atoms with van der Waals surface area (Å²) in [7, 11) is -3.95. The molecule has 1 aliphatic rings. The lowest BCUT2D eigenvalue weighted by Gasteiger charge is -2.24. The first-order chi connectivity index (χ1) is 19.4. The lowest BCUT2D eigenvalue weighted by Crippen LogP contribution is -2.30. The SMILES string of the molecule is C/C(=N\C(=O)OC(C)(C)C)N1CCC[C@H]1c1nc(-c2ccc3cc(OS(=O)(=O)c4ccc(C)cc4)ccc3c2)no1. The molecule has 5 rings (SSSR count). The summed E-state index contributed by atoms with van der Waals surface area (Å²) >= 11 is 0. The van der Waals surface area contributed by atoms with E-state index in [9.17, 15) is 13.2 Å². The van der Waals surface area contributed by atoms with Crippen molar-refractivity contribution in [2.75, 3.05) is 6.54 Å². The lowest BCUT2D eigenvalue weighted by atomic mass is 10.1. The second-order valence-electron chi connectivity index (χ2n) is 11.0. The van der Waals surface area contributed by atoms with Gasteiger partial charge in [0.15, 0.2) is 0 Å². The van der Waals surface area contributed by atoms with Crippen molar-refractivity contribution in [1.29, 1.82) is 0 Å². The lowest BCUT2D eigenvalue weighted by molar-refractivity contribution is 0.0601. The monoisotopic (exact) mass is 576 g/mol. The summed E-state index contributed by atoms with van der Waals surface area (Å²) in [6, 6.07) is 17.0. The van der Waals surface area contributed by atoms with Crippen LogP contribution in [0, 0.1) is 6.92 Å². The van der Waals surface area contributed by atoms with Crippen molar-refractivity contribution in [2.24, 2.45) is 4.99 Å². The van der Waals surface area contributed by atoms with Gasteiger partial charge in [-0.05, 0) is 88.6 Å². The third-order valence-electron chi connectivity index (χ3n) is 6.63. The molecule has 1 aromatic heterocycles. The molecule has 10 nitrogen and oxygen atoms in total. The zero-order chi connectivity index (χ0) is 29.4. The molecular formula is C30H32N4O6S. The van der Waals surface area contributed by atoms with E-state index < -0.39 is 21.8 Å². The van der Waals surface area contributed by atoms with Crippen LogP contribution in [-0.2, 0) is 14.9 Å². The number of carbonyl (C=O) groups is 1. The number of likely N-dealkylation sites (tertiary alicyclic amines) is 1. The van der Waals surface area contributed by atoms with Crippen molar-refractivity contribution >= 4 is 32.8 Å². The molecule has 11 heteroatoms. The maximum atomic E-state index is 12.7. The van der Waals surface area contributed by atoms with Crippen molar-refractivity contribution in [2.45, 2.75) is 64.0 Å². The minimum absolute atomic E-state index is 0.0959. The predicted octanol–water partition coefficient (Wildman–Crippen LogP) is 6.46. The van der Waals surface area contributed by atoms with Gasteiger partial charge in [-0.3, -0.25) is 0 Å². The van der Waals surface area contributed by atoms with Crippen LogP contribution < -0.4 is 4.18 Å². The number of rotatable bonds is 5. The van der Waals surface area contributed by atoms with E-state index in [1.165, 1.54) is 12.1 Å². The third-order valence-corrected chi connectivity index (χ3v) is 7.89. The standard InChI is InChI=1S/C30H32N4O6S/c1-19-8-14-25(15-9-19)41(36,37)40-24-13-12-21-17-23(11-10-22(21)18-24)27-32-28(39-33-27)26-7-6-16-34(26)20(2)31-29(35)38-30(3,4)5/h8-15,17-18,26H,6-7,16H2,1-5H3/b31-20+/t26-/m0/s1. The molecule has 0 spiro atoms. The Kier molecular flexibility index (Phi) is 7.56. The summed E-state index contributed by atoms with van der Waals surface area (Å²) in [6.07, 6.45) is 1.04. The molecule has 0 saturated carbocycles. The van der Waals surface area contributed by atoms with Crippen molar-refractivity contribution in [3.63, 3.8) is 0 Å². The van der Waals surface area contributed by atoms with Gasteiger partial charge in [-0.2, -0.15) is 18.4 Å². The van der Waals surface area contributed by atoms with Gasteiger partial charge in [0.1, 0.15) is 28.1 Å². The molecular weight excluding hydrogens is 544 g/mol. The molecule has 41 heavy (non-hydrogen) atoms. The molecule has 0 N–H and O–H groups in total. The second kappa shape index (κ2) is 11.0. The number of carbonyl (C=O) groups excluding carboxylic acids is 1. The minimum Gasteiger partial charge on any atom is -0.442 e. The van der Waals surface area contributed by atoms with Crippen LogP contribution in [0.15, 0.2) is 75.1 Å². The van der Waals surface area contributed by atoms with Crippen molar-refractivity contribution in [3.05, 3.63) is 72.1 Å². The van der Waals surface area contributed by atoms with E-state index in [0.717, 1.165) is 34.7 Å². The van der Waals surface area contributed by atoms with Crippen LogP contribution in [-0.4, -0.2) is 47.5 Å². The number of aliphatic imine (C=N–C) groups is 1. The number of aromatic nitrogens is 2. The Hall–Kier alpha value is -4.25. The molecule has 3 aromatic carbocycles. The largest absolute Gasteiger partial charge is 0.442 e. The van der Waals surface area contributed by atoms with Gasteiger partial charge < -0.3 is 18.3 Å². The topological polar surface area (TPSA) is 124 Å². The van der Waals surface area contributed by atoms with Gasteiger partial charge in [-0.1, -0.05) is 41.1 Å². The van der Waals surface area contributed by atoms with Crippen LogP contribution in [0.5, 0.6) is 5.75 Å². The van der Waals surface area contributed by atoms with Gasteiger partial charge >= 0.3 is 16.2 Å². The Morgan fingerprint density at radius 1 is 1.05 bits per heavy atom. The molecule has 0 unspecified atom stereocenters. The van der Waals surface area contributed by atoms with Gasteiger partial charge in [0.25, 0.3) is 0 Å². The zero-order valence-corrected chi connectivity index (χ0v) is 24.4. The number of nitrogens with zero attached hydrogens (tertiary/aromatic N) is 4. The fourth-order valence-electron chi connectivity index (χ4n) is 4.67. The van der Waals surface area contributed by atoms with E-state index in [-0.39, 0.29) is 16.7 Å². The van der Waals surface area contributed by atoms with E-state index in [1.807, 2.05) is 30.0 Å². The van der Waals surface area contributed by atoms with Crippen LogP contribution in [0.1, 0.15) is 58.0 Å². The molecule has 1 fully saturated rings. The zero-order valence-electron chi connectivity index (χ0n) is 23.6. The molecule has 0 bridgehead atoms. The normalized spacial score (nSPS) is 16.3. The van der Waals surface area contributed by atoms with E-state index in [2.05, 4.69) is 15.1 Å². The van der Waals surface area contributed by atoms with Gasteiger partial charge in [0.05, 0.1) is 0 Å². The number of ether oxygens (including phenoxy) is 1. The summed E-state index contributed by atoms with van der Waals surface area (Å²) in [5.74, 6) is 1.63. The molecule has 0 aliphatic carbocycles. The second-order valence-corrected chi connectivity index (χ2v) is 12.6. The average Bonchev–Trinajstić information content (AvgIpc) is 3.57. The average molecular weight is 577 g/mol. The number of hydrogen-bond acceptors (Lipinski definition) is 8. The number of aryl methyl sites for hydroxylation is 1. The highest BCUT2D eigenvalue weighted by atomic mass is 32.2.